The van der Waals surface area contributed by atoms with Crippen molar-refractivity contribution in [1.82, 2.24) is 10.2 Å². The summed E-state index contributed by atoms with van der Waals surface area (Å²) in [6, 6.07) is 1.14. The third-order valence-electron chi connectivity index (χ3n) is 3.91. The third kappa shape index (κ3) is 4.87. The first-order valence-electron chi connectivity index (χ1n) is 7.63. The van der Waals surface area contributed by atoms with Gasteiger partial charge in [0, 0.05) is 18.6 Å². The first kappa shape index (κ1) is 15.9. The van der Waals surface area contributed by atoms with E-state index >= 15 is 0 Å². The molecule has 0 aromatic heterocycles. The molecule has 3 nitrogen and oxygen atoms in total. The highest BCUT2D eigenvalue weighted by Gasteiger charge is 2.31. The number of rotatable bonds is 7. The van der Waals surface area contributed by atoms with E-state index in [1.807, 2.05) is 0 Å². The number of aliphatic hydroxyl groups is 1. The fraction of sp³-hybridized carbons (Fsp3) is 1.00. The van der Waals surface area contributed by atoms with E-state index in [1.165, 1.54) is 38.6 Å². The molecular weight excluding hydrogens is 224 g/mol. The standard InChI is InChI=1S/C15H32N2O/c1-5-8-14-9-6-7-10-17(14)11-15(4,12-18)16-13(2)3/h13-14,16,18H,5-12H2,1-4H3. The van der Waals surface area contributed by atoms with E-state index < -0.39 is 0 Å². The molecule has 1 aliphatic rings. The van der Waals surface area contributed by atoms with Gasteiger partial charge >= 0.3 is 0 Å². The van der Waals surface area contributed by atoms with Crippen molar-refractivity contribution in [3.63, 3.8) is 0 Å². The first-order chi connectivity index (χ1) is 8.50. The van der Waals surface area contributed by atoms with E-state index in [0.29, 0.717) is 6.04 Å². The largest absolute Gasteiger partial charge is 0.394 e. The third-order valence-corrected chi connectivity index (χ3v) is 3.91. The van der Waals surface area contributed by atoms with Gasteiger partial charge in [-0.05, 0) is 32.7 Å². The van der Waals surface area contributed by atoms with Crippen LogP contribution in [0.25, 0.3) is 0 Å². The summed E-state index contributed by atoms with van der Waals surface area (Å²) in [5.41, 5.74) is -0.169. The molecule has 1 fully saturated rings. The topological polar surface area (TPSA) is 35.5 Å². The molecule has 18 heavy (non-hydrogen) atoms. The van der Waals surface area contributed by atoms with E-state index in [4.69, 9.17) is 0 Å². The van der Waals surface area contributed by atoms with Gasteiger partial charge in [0.25, 0.3) is 0 Å². The smallest absolute Gasteiger partial charge is 0.0623 e. The second kappa shape index (κ2) is 7.46. The first-order valence-corrected chi connectivity index (χ1v) is 7.63. The van der Waals surface area contributed by atoms with Crippen molar-refractivity contribution >= 4 is 0 Å². The Morgan fingerprint density at radius 2 is 2.11 bits per heavy atom. The van der Waals surface area contributed by atoms with Gasteiger partial charge in [0.05, 0.1) is 12.1 Å². The van der Waals surface area contributed by atoms with Crippen molar-refractivity contribution in [3.8, 4) is 0 Å². The van der Waals surface area contributed by atoms with Crippen LogP contribution in [-0.4, -0.2) is 47.3 Å². The summed E-state index contributed by atoms with van der Waals surface area (Å²) in [6.07, 6.45) is 6.56. The summed E-state index contributed by atoms with van der Waals surface area (Å²) in [4.78, 5) is 2.60. The molecule has 0 bridgehead atoms. The molecular formula is C15H32N2O. The number of nitrogens with zero attached hydrogens (tertiary/aromatic N) is 1. The van der Waals surface area contributed by atoms with Crippen LogP contribution in [0.1, 0.15) is 59.8 Å². The van der Waals surface area contributed by atoms with Crippen LogP contribution in [0, 0.1) is 0 Å². The van der Waals surface area contributed by atoms with E-state index in [0.717, 1.165) is 12.6 Å². The minimum atomic E-state index is -0.169. The average Bonchev–Trinajstić information content (AvgIpc) is 2.31. The lowest BCUT2D eigenvalue weighted by atomic mass is 9.94. The molecule has 1 saturated heterocycles. The molecule has 2 atom stereocenters. The average molecular weight is 256 g/mol. The Hall–Kier alpha value is -0.120. The molecule has 108 valence electrons. The number of likely N-dealkylation sites (tertiary alicyclic amines) is 1. The summed E-state index contributed by atoms with van der Waals surface area (Å²) in [7, 11) is 0. The van der Waals surface area contributed by atoms with E-state index in [-0.39, 0.29) is 12.1 Å². The Morgan fingerprint density at radius 1 is 1.39 bits per heavy atom. The maximum atomic E-state index is 9.69. The second-order valence-electron chi connectivity index (χ2n) is 6.43. The van der Waals surface area contributed by atoms with Crippen molar-refractivity contribution in [3.05, 3.63) is 0 Å². The number of aliphatic hydroxyl groups excluding tert-OH is 1. The van der Waals surface area contributed by atoms with Crippen LogP contribution in [0.5, 0.6) is 0 Å². The van der Waals surface area contributed by atoms with E-state index in [1.54, 1.807) is 0 Å². The zero-order valence-corrected chi connectivity index (χ0v) is 12.7. The van der Waals surface area contributed by atoms with Crippen molar-refractivity contribution < 1.29 is 5.11 Å². The van der Waals surface area contributed by atoms with Crippen LogP contribution in [0.4, 0.5) is 0 Å². The molecule has 0 aliphatic carbocycles. The van der Waals surface area contributed by atoms with Gasteiger partial charge in [-0.15, -0.1) is 0 Å². The van der Waals surface area contributed by atoms with Gasteiger partial charge in [-0.1, -0.05) is 33.6 Å². The lowest BCUT2D eigenvalue weighted by Crippen LogP contribution is -2.58. The maximum absolute atomic E-state index is 9.69. The monoisotopic (exact) mass is 256 g/mol. The summed E-state index contributed by atoms with van der Waals surface area (Å²) in [5, 5.41) is 13.2. The van der Waals surface area contributed by atoms with Crippen molar-refractivity contribution in [2.24, 2.45) is 0 Å². The van der Waals surface area contributed by atoms with Gasteiger partial charge in [0.15, 0.2) is 0 Å². The minimum Gasteiger partial charge on any atom is -0.394 e. The number of piperidine rings is 1. The highest BCUT2D eigenvalue weighted by molar-refractivity contribution is 4.90. The SMILES string of the molecule is CCCC1CCCCN1CC(C)(CO)NC(C)C. The Morgan fingerprint density at radius 3 is 2.67 bits per heavy atom. The highest BCUT2D eigenvalue weighted by atomic mass is 16.3. The molecule has 1 aliphatic heterocycles. The summed E-state index contributed by atoms with van der Waals surface area (Å²) < 4.78 is 0. The quantitative estimate of drug-likeness (QED) is 0.734. The molecule has 3 heteroatoms. The predicted octanol–water partition coefficient (Wildman–Crippen LogP) is 2.39. The van der Waals surface area contributed by atoms with Crippen LogP contribution >= 0.6 is 0 Å². The minimum absolute atomic E-state index is 0.169. The lowest BCUT2D eigenvalue weighted by molar-refractivity contribution is 0.0664. The Balaban J connectivity index is 2.60. The van der Waals surface area contributed by atoms with Crippen LogP contribution in [0.3, 0.4) is 0 Å². The van der Waals surface area contributed by atoms with Gasteiger partial charge in [0.2, 0.25) is 0 Å². The van der Waals surface area contributed by atoms with Crippen LogP contribution in [0.2, 0.25) is 0 Å². The molecule has 0 saturated carbocycles. The summed E-state index contributed by atoms with van der Waals surface area (Å²) in [5.74, 6) is 0. The highest BCUT2D eigenvalue weighted by Crippen LogP contribution is 2.23. The molecule has 0 aromatic carbocycles. The number of hydrogen-bond acceptors (Lipinski definition) is 3. The predicted molar refractivity (Wildman–Crippen MR) is 77.9 cm³/mol. The molecule has 2 unspecified atom stereocenters. The van der Waals surface area contributed by atoms with Gasteiger partial charge in [-0.25, -0.2) is 0 Å². The van der Waals surface area contributed by atoms with Gasteiger partial charge in [-0.2, -0.15) is 0 Å². The van der Waals surface area contributed by atoms with Crippen LogP contribution in [-0.2, 0) is 0 Å². The zero-order chi connectivity index (χ0) is 13.6. The molecule has 2 N–H and O–H groups in total. The van der Waals surface area contributed by atoms with Gasteiger partial charge in [0.1, 0.15) is 0 Å². The van der Waals surface area contributed by atoms with Crippen LogP contribution in [0.15, 0.2) is 0 Å². The molecule has 0 radical (unpaired) electrons. The number of hydrogen-bond donors (Lipinski definition) is 2. The summed E-state index contributed by atoms with van der Waals surface area (Å²) >= 11 is 0. The molecule has 0 amide bonds. The van der Waals surface area contributed by atoms with Crippen molar-refractivity contribution in [2.45, 2.75) is 77.4 Å². The Bertz CT molecular complexity index is 231. The lowest BCUT2D eigenvalue weighted by Gasteiger charge is -2.42. The zero-order valence-electron chi connectivity index (χ0n) is 12.7. The number of nitrogens with one attached hydrogen (secondary N) is 1. The van der Waals surface area contributed by atoms with Gasteiger partial charge in [-0.3, -0.25) is 4.90 Å². The Kier molecular flexibility index (Phi) is 6.61. The molecule has 1 heterocycles. The maximum Gasteiger partial charge on any atom is 0.0623 e. The van der Waals surface area contributed by atoms with Gasteiger partial charge < -0.3 is 10.4 Å². The molecule has 1 rings (SSSR count). The molecule has 0 aromatic rings. The fourth-order valence-corrected chi connectivity index (χ4v) is 3.21. The van der Waals surface area contributed by atoms with E-state index in [9.17, 15) is 5.11 Å². The normalized spacial score (nSPS) is 25.3. The fourth-order valence-electron chi connectivity index (χ4n) is 3.21. The van der Waals surface area contributed by atoms with E-state index in [2.05, 4.69) is 37.9 Å². The molecule has 0 spiro atoms. The van der Waals surface area contributed by atoms with Crippen molar-refractivity contribution in [2.75, 3.05) is 19.7 Å². The van der Waals surface area contributed by atoms with Crippen molar-refractivity contribution in [1.29, 1.82) is 0 Å². The van der Waals surface area contributed by atoms with Crippen LogP contribution < -0.4 is 5.32 Å². The Labute approximate surface area is 113 Å². The second-order valence-corrected chi connectivity index (χ2v) is 6.43. The summed E-state index contributed by atoms with van der Waals surface area (Å²) in [6.45, 7) is 11.1.